The third kappa shape index (κ3) is 6.36. The summed E-state index contributed by atoms with van der Waals surface area (Å²) in [6, 6.07) is 32.1. The highest BCUT2D eigenvalue weighted by Gasteiger charge is 2.27. The van der Waals surface area contributed by atoms with Crippen LogP contribution in [0.2, 0.25) is 0 Å². The van der Waals surface area contributed by atoms with Crippen molar-refractivity contribution in [2.24, 2.45) is 0 Å². The second-order valence-electron chi connectivity index (χ2n) is 10.4. The number of hydrogen-bond donors (Lipinski definition) is 0. The van der Waals surface area contributed by atoms with Gasteiger partial charge < -0.3 is 4.90 Å². The maximum Gasteiger partial charge on any atom is 0.0330 e. The van der Waals surface area contributed by atoms with Crippen LogP contribution in [0.3, 0.4) is 0 Å². The molecule has 0 aromatic heterocycles. The van der Waals surface area contributed by atoms with Gasteiger partial charge in [0.2, 0.25) is 0 Å². The summed E-state index contributed by atoms with van der Waals surface area (Å²) in [5.41, 5.74) is 4.47. The topological polar surface area (TPSA) is 3.24 Å². The van der Waals surface area contributed by atoms with Crippen molar-refractivity contribution >= 4 is 18.5 Å². The van der Waals surface area contributed by atoms with Gasteiger partial charge in [-0.3, -0.25) is 0 Å². The fourth-order valence-corrected chi connectivity index (χ4v) is 7.38. The maximum absolute atomic E-state index is 2.64. The molecule has 2 heteroatoms. The zero-order valence-corrected chi connectivity index (χ0v) is 21.6. The molecule has 4 rings (SSSR count). The van der Waals surface area contributed by atoms with Gasteiger partial charge in [0.15, 0.2) is 0 Å². The Kier molecular flexibility index (Phi) is 7.71. The lowest BCUT2D eigenvalue weighted by atomic mass is 9.86. The predicted molar refractivity (Wildman–Crippen MR) is 146 cm³/mol. The second kappa shape index (κ2) is 10.7. The van der Waals surface area contributed by atoms with Gasteiger partial charge in [-0.15, -0.1) is 0 Å². The first-order valence-electron chi connectivity index (χ1n) is 12.3. The van der Waals surface area contributed by atoms with E-state index in [4.69, 9.17) is 0 Å². The van der Waals surface area contributed by atoms with Crippen molar-refractivity contribution in [3.63, 3.8) is 0 Å². The molecule has 0 N–H and O–H groups in total. The molecule has 0 amide bonds. The Bertz CT molecular complexity index is 992. The molecule has 3 aromatic carbocycles. The van der Waals surface area contributed by atoms with Crippen molar-refractivity contribution in [2.75, 3.05) is 12.7 Å². The average molecular weight is 456 g/mol. The van der Waals surface area contributed by atoms with Gasteiger partial charge in [0.05, 0.1) is 0 Å². The highest BCUT2D eigenvalue weighted by Crippen LogP contribution is 2.38. The molecule has 1 heterocycles. The third-order valence-corrected chi connectivity index (χ3v) is 9.27. The lowest BCUT2D eigenvalue weighted by Gasteiger charge is -2.29. The van der Waals surface area contributed by atoms with Gasteiger partial charge in [-0.1, -0.05) is 111 Å². The lowest BCUT2D eigenvalue weighted by molar-refractivity contribution is 0.372. The molecule has 1 aliphatic rings. The molecule has 1 nitrogen and oxygen atoms in total. The van der Waals surface area contributed by atoms with Crippen molar-refractivity contribution in [1.29, 1.82) is 0 Å². The van der Waals surface area contributed by atoms with Crippen LogP contribution in [0.4, 0.5) is 0 Å². The van der Waals surface area contributed by atoms with E-state index in [2.05, 4.69) is 124 Å². The summed E-state index contributed by atoms with van der Waals surface area (Å²) in [6.45, 7) is 10.3. The van der Waals surface area contributed by atoms with Crippen molar-refractivity contribution in [3.05, 3.63) is 108 Å². The first-order valence-corrected chi connectivity index (χ1v) is 13.8. The molecule has 1 fully saturated rings. The summed E-state index contributed by atoms with van der Waals surface area (Å²) in [5, 5.41) is 2.98. The fraction of sp³-hybridized carbons (Fsp3) is 0.355. The first kappa shape index (κ1) is 23.8. The minimum absolute atomic E-state index is 0.210. The van der Waals surface area contributed by atoms with Crippen LogP contribution in [-0.2, 0) is 11.8 Å². The number of benzene rings is 3. The fourth-order valence-electron chi connectivity index (χ4n) is 4.78. The Balaban J connectivity index is 1.48. The molecule has 33 heavy (non-hydrogen) atoms. The standard InChI is InChI=1S/C31H38NP/c1-25(22-26-17-19-27(20-18-26)31(2,3)4)23-32-21-11-12-28(32)24-33(29-13-7-5-8-14-29)30-15-9-6-10-16-30/h5-10,13-20,23,28H,11-12,21-22,24H2,1-4H3/b25-23+/t28-/m0/s1. The Hall–Kier alpha value is -2.37. The zero-order valence-electron chi connectivity index (χ0n) is 20.7. The van der Waals surface area contributed by atoms with Crippen LogP contribution in [0, 0.1) is 0 Å². The monoisotopic (exact) mass is 455 g/mol. The van der Waals surface area contributed by atoms with Crippen molar-refractivity contribution in [3.8, 4) is 0 Å². The van der Waals surface area contributed by atoms with Crippen LogP contribution in [-0.4, -0.2) is 23.6 Å². The van der Waals surface area contributed by atoms with Crippen LogP contribution in [0.1, 0.15) is 51.7 Å². The van der Waals surface area contributed by atoms with Gasteiger partial charge in [-0.2, -0.15) is 0 Å². The molecule has 0 spiro atoms. The lowest BCUT2D eigenvalue weighted by Crippen LogP contribution is -2.30. The highest BCUT2D eigenvalue weighted by molar-refractivity contribution is 7.73. The molecule has 0 unspecified atom stereocenters. The third-order valence-electron chi connectivity index (χ3n) is 6.64. The summed E-state index contributed by atoms with van der Waals surface area (Å²) in [6.07, 6.45) is 7.30. The van der Waals surface area contributed by atoms with E-state index in [1.807, 2.05) is 0 Å². The second-order valence-corrected chi connectivity index (χ2v) is 12.7. The number of allylic oxidation sites excluding steroid dienone is 1. The summed E-state index contributed by atoms with van der Waals surface area (Å²) in [4.78, 5) is 2.64. The molecule has 0 radical (unpaired) electrons. The molecular formula is C31H38NP. The Morgan fingerprint density at radius 2 is 1.45 bits per heavy atom. The van der Waals surface area contributed by atoms with Crippen LogP contribution in [0.5, 0.6) is 0 Å². The van der Waals surface area contributed by atoms with E-state index in [0.717, 1.165) is 6.42 Å². The van der Waals surface area contributed by atoms with Gasteiger partial charge in [0.25, 0.3) is 0 Å². The molecule has 1 saturated heterocycles. The van der Waals surface area contributed by atoms with Gasteiger partial charge in [0.1, 0.15) is 0 Å². The van der Waals surface area contributed by atoms with Gasteiger partial charge in [0, 0.05) is 12.6 Å². The average Bonchev–Trinajstić information content (AvgIpc) is 3.24. The van der Waals surface area contributed by atoms with Crippen LogP contribution < -0.4 is 10.6 Å². The highest BCUT2D eigenvalue weighted by atomic mass is 31.1. The Labute approximate surface area is 202 Å². The van der Waals surface area contributed by atoms with Crippen molar-refractivity contribution < 1.29 is 0 Å². The summed E-state index contributed by atoms with van der Waals surface area (Å²) in [5.74, 6) is 0. The number of hydrogen-bond acceptors (Lipinski definition) is 1. The molecule has 172 valence electrons. The summed E-state index contributed by atoms with van der Waals surface area (Å²) >= 11 is 0. The Morgan fingerprint density at radius 3 is 2.00 bits per heavy atom. The van der Waals surface area contributed by atoms with Crippen LogP contribution in [0.25, 0.3) is 0 Å². The largest absolute Gasteiger partial charge is 0.374 e. The Morgan fingerprint density at radius 1 is 0.879 bits per heavy atom. The smallest absolute Gasteiger partial charge is 0.0330 e. The van der Waals surface area contributed by atoms with Crippen LogP contribution in [0.15, 0.2) is 96.7 Å². The summed E-state index contributed by atoms with van der Waals surface area (Å²) in [7, 11) is -0.347. The molecule has 0 aliphatic carbocycles. The van der Waals surface area contributed by atoms with Gasteiger partial charge in [-0.25, -0.2) is 0 Å². The van der Waals surface area contributed by atoms with Crippen molar-refractivity contribution in [1.82, 2.24) is 4.90 Å². The van der Waals surface area contributed by atoms with E-state index in [9.17, 15) is 0 Å². The number of nitrogens with zero attached hydrogens (tertiary/aromatic N) is 1. The summed E-state index contributed by atoms with van der Waals surface area (Å²) < 4.78 is 0. The van der Waals surface area contributed by atoms with Crippen molar-refractivity contribution in [2.45, 2.75) is 58.4 Å². The SMILES string of the molecule is C/C(=C\N1CCC[C@H]1CP(c1ccccc1)c1ccccc1)Cc1ccc(C(C)(C)C)cc1. The van der Waals surface area contributed by atoms with Crippen LogP contribution >= 0.6 is 7.92 Å². The number of rotatable bonds is 7. The van der Waals surface area contributed by atoms with E-state index in [1.54, 1.807) is 0 Å². The molecule has 3 aromatic rings. The zero-order chi connectivity index (χ0) is 23.3. The maximum atomic E-state index is 2.64. The van der Waals surface area contributed by atoms with Gasteiger partial charge in [-0.05, 0) is 73.6 Å². The molecular weight excluding hydrogens is 417 g/mol. The molecule has 1 aliphatic heterocycles. The van der Waals surface area contributed by atoms with E-state index in [0.29, 0.717) is 6.04 Å². The molecule has 1 atom stereocenters. The normalized spacial score (nSPS) is 17.1. The predicted octanol–water partition coefficient (Wildman–Crippen LogP) is 7.03. The molecule has 0 bridgehead atoms. The van der Waals surface area contributed by atoms with E-state index in [1.165, 1.54) is 52.9 Å². The minimum atomic E-state index is -0.347. The van der Waals surface area contributed by atoms with E-state index < -0.39 is 0 Å². The van der Waals surface area contributed by atoms with Gasteiger partial charge >= 0.3 is 0 Å². The molecule has 0 saturated carbocycles. The van der Waals surface area contributed by atoms with E-state index >= 15 is 0 Å². The van der Waals surface area contributed by atoms with E-state index in [-0.39, 0.29) is 13.3 Å². The minimum Gasteiger partial charge on any atom is -0.374 e. The first-order chi connectivity index (χ1) is 15.9. The number of likely N-dealkylation sites (tertiary alicyclic amines) is 1. The quantitative estimate of drug-likeness (QED) is 0.346.